The van der Waals surface area contributed by atoms with E-state index in [2.05, 4.69) is 14.9 Å². The quantitative estimate of drug-likeness (QED) is 0.581. The van der Waals surface area contributed by atoms with E-state index in [1.165, 1.54) is 18.3 Å². The number of primary amides is 1. The summed E-state index contributed by atoms with van der Waals surface area (Å²) < 4.78 is 5.25. The third-order valence-corrected chi connectivity index (χ3v) is 5.78. The minimum absolute atomic E-state index is 0.0414. The molecular formula is C24H32N6O4. The number of carbonyl (C=O) groups is 3. The fourth-order valence-electron chi connectivity index (χ4n) is 4.09. The first kappa shape index (κ1) is 24.9. The fraction of sp³-hybridized carbons (Fsp3) is 0.458. The number of amides is 2. The van der Waals surface area contributed by atoms with Crippen LogP contribution >= 0.6 is 0 Å². The lowest BCUT2D eigenvalue weighted by atomic mass is 10.1. The van der Waals surface area contributed by atoms with Crippen LogP contribution in [-0.2, 0) is 9.53 Å². The van der Waals surface area contributed by atoms with Crippen molar-refractivity contribution >= 4 is 29.3 Å². The van der Waals surface area contributed by atoms with Crippen molar-refractivity contribution in [3.63, 3.8) is 0 Å². The van der Waals surface area contributed by atoms with Gasteiger partial charge in [-0.1, -0.05) is 0 Å². The molecule has 2 amide bonds. The van der Waals surface area contributed by atoms with E-state index in [9.17, 15) is 14.4 Å². The van der Waals surface area contributed by atoms with Crippen molar-refractivity contribution in [2.45, 2.75) is 39.8 Å². The molecule has 2 N–H and O–H groups in total. The monoisotopic (exact) mass is 468 g/mol. The third kappa shape index (κ3) is 5.44. The van der Waals surface area contributed by atoms with Gasteiger partial charge in [-0.2, -0.15) is 0 Å². The average molecular weight is 469 g/mol. The van der Waals surface area contributed by atoms with E-state index in [4.69, 9.17) is 10.5 Å². The number of nitrogens with two attached hydrogens (primary N) is 1. The highest BCUT2D eigenvalue weighted by Crippen LogP contribution is 2.31. The van der Waals surface area contributed by atoms with Gasteiger partial charge in [-0.05, 0) is 52.0 Å². The van der Waals surface area contributed by atoms with E-state index >= 15 is 0 Å². The van der Waals surface area contributed by atoms with Crippen LogP contribution in [0.25, 0.3) is 0 Å². The van der Waals surface area contributed by atoms with Gasteiger partial charge >= 0.3 is 5.97 Å². The second kappa shape index (κ2) is 11.0. The number of ether oxygens (including phenoxy) is 1. The molecule has 1 aliphatic rings. The second-order valence-electron chi connectivity index (χ2n) is 8.35. The van der Waals surface area contributed by atoms with Gasteiger partial charge in [0.2, 0.25) is 5.91 Å². The minimum Gasteiger partial charge on any atom is -0.464 e. The highest BCUT2D eigenvalue weighted by Gasteiger charge is 2.30. The lowest BCUT2D eigenvalue weighted by Crippen LogP contribution is -2.50. The summed E-state index contributed by atoms with van der Waals surface area (Å²) in [6.07, 6.45) is 3.05. The molecule has 0 radical (unpaired) electrons. The van der Waals surface area contributed by atoms with Crippen LogP contribution in [0.4, 0.5) is 11.5 Å². The van der Waals surface area contributed by atoms with Crippen LogP contribution in [0, 0.1) is 0 Å². The second-order valence-corrected chi connectivity index (χ2v) is 8.35. The summed E-state index contributed by atoms with van der Waals surface area (Å²) in [7, 11) is 0. The van der Waals surface area contributed by atoms with Crippen molar-refractivity contribution < 1.29 is 19.1 Å². The SMILES string of the molecule is CCOC(=O)C(C)N(c1cccnc1N1CCN(C(=O)c2ccc(C(N)=O)cn2)CC1)C(C)C. The number of hydrogen-bond acceptors (Lipinski definition) is 8. The molecule has 0 bridgehead atoms. The highest BCUT2D eigenvalue weighted by atomic mass is 16.5. The number of pyridine rings is 2. The standard InChI is InChI=1S/C24H32N6O4/c1-5-34-24(33)17(4)30(16(2)3)20-7-6-10-26-22(20)28-11-13-29(14-12-28)23(32)19-9-8-18(15-27-19)21(25)31/h6-10,15-17H,5,11-14H2,1-4H3,(H2,25,31). The van der Waals surface area contributed by atoms with Crippen molar-refractivity contribution in [3.05, 3.63) is 47.9 Å². The normalized spacial score (nSPS) is 14.6. The number of aromatic nitrogens is 2. The molecule has 1 atom stereocenters. The number of rotatable bonds is 8. The zero-order valence-electron chi connectivity index (χ0n) is 20.1. The summed E-state index contributed by atoms with van der Waals surface area (Å²) in [5, 5.41) is 0. The van der Waals surface area contributed by atoms with Crippen LogP contribution in [0.1, 0.15) is 48.5 Å². The van der Waals surface area contributed by atoms with Gasteiger partial charge < -0.3 is 25.2 Å². The molecule has 1 fully saturated rings. The van der Waals surface area contributed by atoms with E-state index in [0.717, 1.165) is 11.5 Å². The Hall–Kier alpha value is -3.69. The molecular weight excluding hydrogens is 436 g/mol. The van der Waals surface area contributed by atoms with E-state index < -0.39 is 11.9 Å². The van der Waals surface area contributed by atoms with Crippen molar-refractivity contribution in [2.75, 3.05) is 42.6 Å². The summed E-state index contributed by atoms with van der Waals surface area (Å²) in [5.41, 5.74) is 6.62. The highest BCUT2D eigenvalue weighted by molar-refractivity contribution is 5.95. The van der Waals surface area contributed by atoms with Gasteiger partial charge in [-0.25, -0.2) is 9.78 Å². The predicted molar refractivity (Wildman–Crippen MR) is 129 cm³/mol. The van der Waals surface area contributed by atoms with Gasteiger partial charge in [-0.3, -0.25) is 14.6 Å². The minimum atomic E-state index is -0.584. The molecule has 0 aromatic carbocycles. The molecule has 10 heteroatoms. The smallest absolute Gasteiger partial charge is 0.328 e. The van der Waals surface area contributed by atoms with Crippen molar-refractivity contribution in [1.82, 2.24) is 14.9 Å². The lowest BCUT2D eigenvalue weighted by Gasteiger charge is -2.39. The van der Waals surface area contributed by atoms with Gasteiger partial charge in [0.15, 0.2) is 5.82 Å². The molecule has 0 saturated carbocycles. The maximum Gasteiger partial charge on any atom is 0.328 e. The summed E-state index contributed by atoms with van der Waals surface area (Å²) in [4.78, 5) is 51.2. The summed E-state index contributed by atoms with van der Waals surface area (Å²) in [6, 6.07) is 6.40. The summed E-state index contributed by atoms with van der Waals surface area (Å²) in [6.45, 7) is 10.1. The summed E-state index contributed by atoms with van der Waals surface area (Å²) >= 11 is 0. The van der Waals surface area contributed by atoms with Crippen LogP contribution in [0.3, 0.4) is 0 Å². The van der Waals surface area contributed by atoms with E-state index in [0.29, 0.717) is 32.8 Å². The van der Waals surface area contributed by atoms with E-state index in [1.807, 2.05) is 37.8 Å². The summed E-state index contributed by atoms with van der Waals surface area (Å²) in [5.74, 6) is -0.296. The molecule has 1 aliphatic heterocycles. The zero-order chi connectivity index (χ0) is 24.8. The molecule has 1 saturated heterocycles. The first-order valence-corrected chi connectivity index (χ1v) is 11.4. The predicted octanol–water partition coefficient (Wildman–Crippen LogP) is 1.70. The van der Waals surface area contributed by atoms with Crippen molar-refractivity contribution in [2.24, 2.45) is 5.73 Å². The molecule has 2 aromatic rings. The average Bonchev–Trinajstić information content (AvgIpc) is 2.84. The van der Waals surface area contributed by atoms with Crippen LogP contribution in [0.2, 0.25) is 0 Å². The maximum absolute atomic E-state index is 12.9. The molecule has 0 aliphatic carbocycles. The molecule has 10 nitrogen and oxygen atoms in total. The van der Waals surface area contributed by atoms with E-state index in [1.54, 1.807) is 18.0 Å². The van der Waals surface area contributed by atoms with Gasteiger partial charge in [0.25, 0.3) is 5.91 Å². The molecule has 182 valence electrons. The third-order valence-electron chi connectivity index (χ3n) is 5.78. The Morgan fingerprint density at radius 2 is 1.79 bits per heavy atom. The first-order chi connectivity index (χ1) is 16.2. The van der Waals surface area contributed by atoms with E-state index in [-0.39, 0.29) is 29.2 Å². The topological polar surface area (TPSA) is 122 Å². The van der Waals surface area contributed by atoms with Crippen LogP contribution in [0.5, 0.6) is 0 Å². The van der Waals surface area contributed by atoms with Crippen LogP contribution < -0.4 is 15.5 Å². The number of nitrogens with zero attached hydrogens (tertiary/aromatic N) is 5. The number of piperazine rings is 1. The number of anilines is 2. The number of carbonyl (C=O) groups excluding carboxylic acids is 3. The Labute approximate surface area is 199 Å². The molecule has 34 heavy (non-hydrogen) atoms. The number of hydrogen-bond donors (Lipinski definition) is 1. The van der Waals surface area contributed by atoms with Crippen LogP contribution in [0.15, 0.2) is 36.7 Å². The molecule has 0 spiro atoms. The maximum atomic E-state index is 12.9. The Kier molecular flexibility index (Phi) is 8.04. The fourth-order valence-corrected chi connectivity index (χ4v) is 4.09. The molecule has 2 aromatic heterocycles. The molecule has 3 rings (SSSR count). The van der Waals surface area contributed by atoms with Gasteiger partial charge in [0.05, 0.1) is 17.9 Å². The molecule has 3 heterocycles. The molecule has 1 unspecified atom stereocenters. The number of esters is 1. The first-order valence-electron chi connectivity index (χ1n) is 11.4. The largest absolute Gasteiger partial charge is 0.464 e. The van der Waals surface area contributed by atoms with Crippen LogP contribution in [-0.4, -0.2) is 77.5 Å². The van der Waals surface area contributed by atoms with Crippen molar-refractivity contribution in [1.29, 1.82) is 0 Å². The Morgan fingerprint density at radius 3 is 2.35 bits per heavy atom. The van der Waals surface area contributed by atoms with Gasteiger partial charge in [-0.15, -0.1) is 0 Å². The Morgan fingerprint density at radius 1 is 1.09 bits per heavy atom. The van der Waals surface area contributed by atoms with Gasteiger partial charge in [0, 0.05) is 44.6 Å². The Bertz CT molecular complexity index is 1020. The van der Waals surface area contributed by atoms with Gasteiger partial charge in [0.1, 0.15) is 11.7 Å². The zero-order valence-corrected chi connectivity index (χ0v) is 20.1. The lowest BCUT2D eigenvalue weighted by molar-refractivity contribution is -0.144. The van der Waals surface area contributed by atoms with Crippen molar-refractivity contribution in [3.8, 4) is 0 Å². The Balaban J connectivity index is 1.75.